The quantitative estimate of drug-likeness (QED) is 0.162. The normalized spacial score (nSPS) is 11.7. The van der Waals surface area contributed by atoms with E-state index in [9.17, 15) is 0 Å². The molecule has 0 saturated carbocycles. The third kappa shape index (κ3) is 5.25. The molecule has 0 fully saturated rings. The van der Waals surface area contributed by atoms with Crippen molar-refractivity contribution in [1.29, 1.82) is 0 Å². The van der Waals surface area contributed by atoms with Gasteiger partial charge in [-0.15, -0.1) is 0 Å². The molecule has 274 valence electrons. The summed E-state index contributed by atoms with van der Waals surface area (Å²) in [4.78, 5) is 2.43. The van der Waals surface area contributed by atoms with Gasteiger partial charge in [-0.2, -0.15) is 0 Å². The highest BCUT2D eigenvalue weighted by Gasteiger charge is 2.20. The van der Waals surface area contributed by atoms with Crippen molar-refractivity contribution in [2.75, 3.05) is 4.90 Å². The van der Waals surface area contributed by atoms with Crippen molar-refractivity contribution >= 4 is 103 Å². The second kappa shape index (κ2) is 13.4. The van der Waals surface area contributed by atoms with Gasteiger partial charge in [-0.3, -0.25) is 0 Å². The van der Waals surface area contributed by atoms with E-state index in [2.05, 4.69) is 229 Å². The first-order valence-corrected chi connectivity index (χ1v) is 20.4. The molecule has 1 nitrogen and oxygen atoms in total. The molecule has 12 aromatic carbocycles. The van der Waals surface area contributed by atoms with E-state index in [0.29, 0.717) is 0 Å². The molecule has 59 heavy (non-hydrogen) atoms. The molecule has 0 aliphatic rings. The van der Waals surface area contributed by atoms with Crippen LogP contribution in [0.1, 0.15) is 0 Å². The molecule has 0 amide bonds. The number of rotatable bonds is 4. The number of hydrogen-bond acceptors (Lipinski definition) is 1. The van der Waals surface area contributed by atoms with E-state index < -0.39 is 0 Å². The van der Waals surface area contributed by atoms with Gasteiger partial charge in [0.2, 0.25) is 0 Å². The highest BCUT2D eigenvalue weighted by atomic mass is 15.1. The Morgan fingerprint density at radius 1 is 0.237 bits per heavy atom. The zero-order valence-corrected chi connectivity index (χ0v) is 32.3. The molecular formula is C58H37N. The van der Waals surface area contributed by atoms with Crippen molar-refractivity contribution < 1.29 is 0 Å². The largest absolute Gasteiger partial charge is 0.310 e. The second-order valence-corrected chi connectivity index (χ2v) is 15.6. The summed E-state index contributed by atoms with van der Waals surface area (Å²) in [6.45, 7) is 0. The van der Waals surface area contributed by atoms with Crippen molar-refractivity contribution in [3.05, 3.63) is 224 Å². The van der Waals surface area contributed by atoms with Gasteiger partial charge in [-0.25, -0.2) is 0 Å². The van der Waals surface area contributed by atoms with Gasteiger partial charge in [0.15, 0.2) is 0 Å². The lowest BCUT2D eigenvalue weighted by Gasteiger charge is -2.28. The van der Waals surface area contributed by atoms with E-state index in [1.54, 1.807) is 0 Å². The summed E-state index contributed by atoms with van der Waals surface area (Å²) >= 11 is 0. The molecule has 0 unspecified atom stereocenters. The average molecular weight is 748 g/mol. The lowest BCUT2D eigenvalue weighted by Crippen LogP contribution is -2.11. The van der Waals surface area contributed by atoms with E-state index in [1.807, 2.05) is 0 Å². The molecular weight excluding hydrogens is 711 g/mol. The number of benzene rings is 11. The second-order valence-electron chi connectivity index (χ2n) is 15.6. The fraction of sp³-hybridized carbons (Fsp3) is 0. The molecule has 0 heterocycles. The minimum absolute atomic E-state index is 1.10. The number of nitrogens with zero attached hydrogens (tertiary/aromatic N) is 1. The zero-order chi connectivity index (χ0) is 38.9. The van der Waals surface area contributed by atoms with Crippen LogP contribution in [-0.2, 0) is 0 Å². The van der Waals surface area contributed by atoms with Gasteiger partial charge in [-0.1, -0.05) is 188 Å². The maximum absolute atomic E-state index is 2.47. The van der Waals surface area contributed by atoms with E-state index in [-0.39, 0.29) is 0 Å². The zero-order valence-electron chi connectivity index (χ0n) is 32.3. The summed E-state index contributed by atoms with van der Waals surface area (Å²) in [6, 6.07) is 82.9. The maximum atomic E-state index is 2.47. The number of anilines is 3. The van der Waals surface area contributed by atoms with Gasteiger partial charge in [0.25, 0.3) is 0 Å². The van der Waals surface area contributed by atoms with Crippen LogP contribution in [0, 0.1) is 0 Å². The number of fused-ring (bicyclic) bond motifs is 11. The Balaban J connectivity index is 1.31. The lowest BCUT2D eigenvalue weighted by molar-refractivity contribution is 1.29. The smallest absolute Gasteiger partial charge is 0.0540 e. The molecule has 0 radical (unpaired) electrons. The van der Waals surface area contributed by atoms with Crippen molar-refractivity contribution in [1.82, 2.24) is 0 Å². The van der Waals surface area contributed by atoms with Crippen molar-refractivity contribution in [2.24, 2.45) is 0 Å². The molecule has 0 N–H and O–H groups in total. The minimum Gasteiger partial charge on any atom is -0.310 e. The van der Waals surface area contributed by atoms with Crippen LogP contribution < -0.4 is 4.90 Å². The van der Waals surface area contributed by atoms with Crippen molar-refractivity contribution in [3.8, 4) is 11.1 Å². The van der Waals surface area contributed by atoms with Gasteiger partial charge in [-0.05, 0) is 128 Å². The van der Waals surface area contributed by atoms with Gasteiger partial charge >= 0.3 is 0 Å². The Morgan fingerprint density at radius 2 is 0.746 bits per heavy atom. The maximum Gasteiger partial charge on any atom is 0.0540 e. The Hall–Kier alpha value is -7.74. The average Bonchev–Trinajstić information content (AvgIpc) is 3.31. The van der Waals surface area contributed by atoms with E-state index in [1.165, 1.54) is 97.3 Å². The van der Waals surface area contributed by atoms with Crippen molar-refractivity contribution in [3.63, 3.8) is 0 Å². The Labute approximate surface area is 342 Å². The fourth-order valence-electron chi connectivity index (χ4n) is 9.82. The predicted molar refractivity (Wildman–Crippen MR) is 255 cm³/mol. The fourth-order valence-corrected chi connectivity index (χ4v) is 9.82. The Kier molecular flexibility index (Phi) is 7.61. The molecule has 0 spiro atoms. The number of para-hydroxylation sites is 2. The first-order valence-electron chi connectivity index (χ1n) is 20.4. The summed E-state index contributed by atoms with van der Waals surface area (Å²) in [5.41, 5.74) is 5.69. The number of hydrogen-bond donors (Lipinski definition) is 0. The highest BCUT2D eigenvalue weighted by Crippen LogP contribution is 2.46. The predicted octanol–water partition coefficient (Wildman–Crippen LogP) is 16.6. The van der Waals surface area contributed by atoms with Gasteiger partial charge in [0.1, 0.15) is 0 Å². The Bertz CT molecular complexity index is 3650. The molecule has 12 rings (SSSR count). The van der Waals surface area contributed by atoms with Crippen LogP contribution in [0.25, 0.3) is 97.3 Å². The summed E-state index contributed by atoms with van der Waals surface area (Å²) in [5.74, 6) is 0. The van der Waals surface area contributed by atoms with Crippen molar-refractivity contribution in [2.45, 2.75) is 0 Å². The van der Waals surface area contributed by atoms with Gasteiger partial charge in [0, 0.05) is 16.9 Å². The lowest BCUT2D eigenvalue weighted by atomic mass is 9.88. The van der Waals surface area contributed by atoms with E-state index in [0.717, 1.165) is 17.1 Å². The third-order valence-electron chi connectivity index (χ3n) is 12.4. The highest BCUT2D eigenvalue weighted by molar-refractivity contribution is 6.36. The molecule has 0 aliphatic heterocycles. The molecule has 0 aliphatic carbocycles. The summed E-state index contributed by atoms with van der Waals surface area (Å²) < 4.78 is 0. The van der Waals surface area contributed by atoms with Gasteiger partial charge < -0.3 is 4.90 Å². The van der Waals surface area contributed by atoms with Crippen LogP contribution in [0.15, 0.2) is 224 Å². The summed E-state index contributed by atoms with van der Waals surface area (Å²) in [5, 5.41) is 20.0. The molecule has 0 bridgehead atoms. The first-order chi connectivity index (χ1) is 29.3. The van der Waals surface area contributed by atoms with Gasteiger partial charge in [0.05, 0.1) is 5.69 Å². The molecule has 12 aromatic rings. The van der Waals surface area contributed by atoms with Crippen LogP contribution in [0.4, 0.5) is 17.1 Å². The van der Waals surface area contributed by atoms with Crippen LogP contribution >= 0.6 is 0 Å². The molecule has 0 atom stereocenters. The standard InChI is InChI=1S/C58H37N/c1-3-16-38(17-4-1)44-22-13-14-29-55(44)59(42-20-5-2-6-21-42)43-33-35-50-53(37-43)49-27-10-9-25-47(49)45-23-7-8-24-46(45)48-26-11-12-28-51(48)58-52-34-32-40-19-15-18-39-30-31-41(36-54(50)58)57(52)56(39)40/h1-37H. The monoisotopic (exact) mass is 747 g/mol. The van der Waals surface area contributed by atoms with E-state index in [4.69, 9.17) is 0 Å². The van der Waals surface area contributed by atoms with Crippen LogP contribution in [-0.4, -0.2) is 0 Å². The van der Waals surface area contributed by atoms with Crippen LogP contribution in [0.5, 0.6) is 0 Å². The SMILES string of the molecule is c1ccc(-c2ccccc2N(c2ccccc2)c2ccc3c(c2)c2ccccc2c2ccccc2c2ccccc2c2c3cc3ccc4cccc5ccc2c3c45)cc1. The molecule has 0 saturated heterocycles. The van der Waals surface area contributed by atoms with Crippen LogP contribution in [0.2, 0.25) is 0 Å². The molecule has 0 aromatic heterocycles. The Morgan fingerprint density at radius 3 is 1.44 bits per heavy atom. The molecule has 1 heteroatoms. The van der Waals surface area contributed by atoms with E-state index >= 15 is 0 Å². The topological polar surface area (TPSA) is 3.24 Å². The minimum atomic E-state index is 1.10. The van der Waals surface area contributed by atoms with Crippen LogP contribution in [0.3, 0.4) is 0 Å². The summed E-state index contributed by atoms with van der Waals surface area (Å²) in [6.07, 6.45) is 0. The summed E-state index contributed by atoms with van der Waals surface area (Å²) in [7, 11) is 0. The third-order valence-corrected chi connectivity index (χ3v) is 12.4. The first kappa shape index (κ1) is 33.4.